The fourth-order valence-electron chi connectivity index (χ4n) is 1.72. The Kier molecular flexibility index (Phi) is 7.13. The lowest BCUT2D eigenvalue weighted by molar-refractivity contribution is 0.0954. The van der Waals surface area contributed by atoms with E-state index in [-0.39, 0.29) is 35.6 Å². The van der Waals surface area contributed by atoms with E-state index in [2.05, 4.69) is 20.9 Å². The molecule has 0 aromatic heterocycles. The number of hydrogen-bond donors (Lipinski definition) is 4. The van der Waals surface area contributed by atoms with Gasteiger partial charge in [-0.25, -0.2) is 0 Å². The smallest absolute Gasteiger partial charge is 0.251 e. The number of carbonyl (C=O) groups is 1. The average Bonchev–Trinajstić information content (AvgIpc) is 2.45. The number of phenolic OH excluding ortho intramolecular Hbond substituents is 1. The van der Waals surface area contributed by atoms with Gasteiger partial charge >= 0.3 is 0 Å². The van der Waals surface area contributed by atoms with Gasteiger partial charge in [-0.1, -0.05) is 0 Å². The average molecular weight is 390 g/mol. The van der Waals surface area contributed by atoms with Gasteiger partial charge in [0.1, 0.15) is 5.75 Å². The fraction of sp³-hybridized carbons (Fsp3) is 0.385. The number of benzene rings is 1. The second kappa shape index (κ2) is 8.62. The zero-order valence-corrected chi connectivity index (χ0v) is 13.4. The molecule has 20 heavy (non-hydrogen) atoms. The molecule has 7 heteroatoms. The summed E-state index contributed by atoms with van der Waals surface area (Å²) in [7, 11) is 0. The molecule has 1 aliphatic rings. The van der Waals surface area contributed by atoms with Crippen LogP contribution in [-0.2, 0) is 0 Å². The van der Waals surface area contributed by atoms with Crippen LogP contribution < -0.4 is 16.0 Å². The molecule has 0 bridgehead atoms. The van der Waals surface area contributed by atoms with Crippen LogP contribution in [0.2, 0.25) is 0 Å². The number of amides is 1. The third kappa shape index (κ3) is 5.24. The third-order valence-corrected chi connectivity index (χ3v) is 2.73. The number of nitrogens with zero attached hydrogens (tertiary/aromatic N) is 1. The van der Waals surface area contributed by atoms with Gasteiger partial charge in [0.25, 0.3) is 5.91 Å². The van der Waals surface area contributed by atoms with Crippen LogP contribution in [0.15, 0.2) is 29.3 Å². The molecular weight excluding hydrogens is 371 g/mol. The van der Waals surface area contributed by atoms with Crippen molar-refractivity contribution in [1.29, 1.82) is 0 Å². The molecule has 1 aromatic carbocycles. The van der Waals surface area contributed by atoms with Gasteiger partial charge in [0.05, 0.1) is 0 Å². The number of aromatic hydroxyl groups is 1. The summed E-state index contributed by atoms with van der Waals surface area (Å²) in [5.41, 5.74) is 0.533. The molecule has 6 nitrogen and oxygen atoms in total. The van der Waals surface area contributed by atoms with Gasteiger partial charge in [0.15, 0.2) is 5.96 Å². The van der Waals surface area contributed by atoms with Crippen LogP contribution in [-0.4, -0.2) is 43.2 Å². The molecule has 0 spiro atoms. The Hall–Kier alpha value is -1.51. The highest BCUT2D eigenvalue weighted by Crippen LogP contribution is 2.09. The molecule has 1 heterocycles. The topological polar surface area (TPSA) is 85.8 Å². The second-order valence-corrected chi connectivity index (χ2v) is 4.24. The van der Waals surface area contributed by atoms with E-state index in [9.17, 15) is 4.79 Å². The molecule has 1 aromatic rings. The van der Waals surface area contributed by atoms with Crippen molar-refractivity contribution in [1.82, 2.24) is 16.0 Å². The maximum Gasteiger partial charge on any atom is 0.251 e. The number of carbonyl (C=O) groups excluding carboxylic acids is 1. The van der Waals surface area contributed by atoms with Crippen LogP contribution in [0.4, 0.5) is 0 Å². The van der Waals surface area contributed by atoms with Gasteiger partial charge in [-0.3, -0.25) is 9.79 Å². The van der Waals surface area contributed by atoms with Crippen LogP contribution in [0.5, 0.6) is 5.75 Å². The van der Waals surface area contributed by atoms with E-state index in [1.807, 2.05) is 0 Å². The molecule has 0 unspecified atom stereocenters. The summed E-state index contributed by atoms with van der Waals surface area (Å²) in [5.74, 6) is 0.796. The standard InChI is InChI=1S/C13H18N4O2.HI/c18-11-4-2-10(3-5-11)12(19)14-8-9-17-13-15-6-1-7-16-13;/h2-5,18H,1,6-9H2,(H,14,19)(H2,15,16,17);1H. The van der Waals surface area contributed by atoms with Gasteiger partial charge < -0.3 is 21.1 Å². The zero-order chi connectivity index (χ0) is 13.5. The van der Waals surface area contributed by atoms with Gasteiger partial charge in [-0.2, -0.15) is 0 Å². The molecule has 1 amide bonds. The highest BCUT2D eigenvalue weighted by atomic mass is 127. The first-order chi connectivity index (χ1) is 9.25. The van der Waals surface area contributed by atoms with Crippen LogP contribution in [0, 0.1) is 0 Å². The Bertz CT molecular complexity index is 462. The van der Waals surface area contributed by atoms with Gasteiger partial charge in [-0.15, -0.1) is 24.0 Å². The second-order valence-electron chi connectivity index (χ2n) is 4.24. The number of aliphatic imine (C=N–C) groups is 1. The summed E-state index contributed by atoms with van der Waals surface area (Å²) in [6.45, 7) is 2.91. The molecular formula is C13H19IN4O2. The summed E-state index contributed by atoms with van der Waals surface area (Å²) < 4.78 is 0. The van der Waals surface area contributed by atoms with Crippen LogP contribution in [0.3, 0.4) is 0 Å². The van der Waals surface area contributed by atoms with Gasteiger partial charge in [0, 0.05) is 31.7 Å². The van der Waals surface area contributed by atoms with E-state index < -0.39 is 0 Å². The Morgan fingerprint density at radius 3 is 2.70 bits per heavy atom. The summed E-state index contributed by atoms with van der Waals surface area (Å²) in [6, 6.07) is 6.16. The Morgan fingerprint density at radius 1 is 1.30 bits per heavy atom. The van der Waals surface area contributed by atoms with Crippen molar-refractivity contribution in [2.45, 2.75) is 6.42 Å². The summed E-state index contributed by atoms with van der Waals surface area (Å²) >= 11 is 0. The SMILES string of the molecule is I.O=C(NCCNC1=NCCCN1)c1ccc(O)cc1. The lowest BCUT2D eigenvalue weighted by Crippen LogP contribution is -2.43. The predicted molar refractivity (Wildman–Crippen MR) is 88.8 cm³/mol. The first-order valence-corrected chi connectivity index (χ1v) is 6.35. The van der Waals surface area contributed by atoms with Crippen molar-refractivity contribution in [2.75, 3.05) is 26.2 Å². The molecule has 0 saturated heterocycles. The first-order valence-electron chi connectivity index (χ1n) is 6.35. The monoisotopic (exact) mass is 390 g/mol. The number of guanidine groups is 1. The van der Waals surface area contributed by atoms with Crippen LogP contribution in [0.1, 0.15) is 16.8 Å². The van der Waals surface area contributed by atoms with Crippen molar-refractivity contribution in [2.24, 2.45) is 4.99 Å². The first kappa shape index (κ1) is 16.5. The molecule has 2 rings (SSSR count). The van der Waals surface area contributed by atoms with Crippen LogP contribution in [0.25, 0.3) is 0 Å². The molecule has 0 saturated carbocycles. The molecule has 0 radical (unpaired) electrons. The Labute approximate surface area is 135 Å². The fourth-order valence-corrected chi connectivity index (χ4v) is 1.72. The summed E-state index contributed by atoms with van der Waals surface area (Å²) in [5, 5.41) is 18.2. The molecule has 0 fully saturated rings. The maximum atomic E-state index is 11.7. The van der Waals surface area contributed by atoms with Gasteiger partial charge in [0.2, 0.25) is 0 Å². The quantitative estimate of drug-likeness (QED) is 0.450. The van der Waals surface area contributed by atoms with E-state index >= 15 is 0 Å². The van der Waals surface area contributed by atoms with Crippen molar-refractivity contribution in [3.63, 3.8) is 0 Å². The van der Waals surface area contributed by atoms with E-state index in [1.165, 1.54) is 12.1 Å². The van der Waals surface area contributed by atoms with E-state index in [0.29, 0.717) is 18.7 Å². The molecule has 4 N–H and O–H groups in total. The van der Waals surface area contributed by atoms with E-state index in [4.69, 9.17) is 5.11 Å². The predicted octanol–water partition coefficient (Wildman–Crippen LogP) is 0.679. The number of rotatable bonds is 4. The highest BCUT2D eigenvalue weighted by molar-refractivity contribution is 14.0. The minimum absolute atomic E-state index is 0. The van der Waals surface area contributed by atoms with Gasteiger partial charge in [-0.05, 0) is 30.7 Å². The highest BCUT2D eigenvalue weighted by Gasteiger charge is 2.05. The minimum atomic E-state index is -0.152. The lowest BCUT2D eigenvalue weighted by atomic mass is 10.2. The Morgan fingerprint density at radius 2 is 2.05 bits per heavy atom. The minimum Gasteiger partial charge on any atom is -0.508 e. The van der Waals surface area contributed by atoms with Crippen molar-refractivity contribution in [3.05, 3.63) is 29.8 Å². The molecule has 0 atom stereocenters. The Balaban J connectivity index is 0.00000200. The van der Waals surface area contributed by atoms with E-state index in [0.717, 1.165) is 25.5 Å². The summed E-state index contributed by atoms with van der Waals surface area (Å²) in [6.07, 6.45) is 1.06. The largest absolute Gasteiger partial charge is 0.508 e. The molecule has 1 aliphatic heterocycles. The van der Waals surface area contributed by atoms with Crippen molar-refractivity contribution >= 4 is 35.8 Å². The van der Waals surface area contributed by atoms with Crippen molar-refractivity contribution < 1.29 is 9.90 Å². The number of halogens is 1. The number of phenols is 1. The molecule has 110 valence electrons. The normalized spacial score (nSPS) is 13.5. The zero-order valence-electron chi connectivity index (χ0n) is 11.1. The van der Waals surface area contributed by atoms with E-state index in [1.54, 1.807) is 12.1 Å². The van der Waals surface area contributed by atoms with Crippen LogP contribution >= 0.6 is 24.0 Å². The maximum absolute atomic E-state index is 11.7. The lowest BCUT2D eigenvalue weighted by Gasteiger charge is -2.16. The number of hydrogen-bond acceptors (Lipinski definition) is 5. The number of nitrogens with one attached hydrogen (secondary N) is 3. The molecule has 0 aliphatic carbocycles. The summed E-state index contributed by atoms with van der Waals surface area (Å²) in [4.78, 5) is 16.0. The van der Waals surface area contributed by atoms with Crippen molar-refractivity contribution in [3.8, 4) is 5.75 Å². The third-order valence-electron chi connectivity index (χ3n) is 2.73.